The number of rotatable bonds is 5. The van der Waals surface area contributed by atoms with Crippen molar-refractivity contribution in [2.45, 2.75) is 25.4 Å². The van der Waals surface area contributed by atoms with Crippen molar-refractivity contribution in [1.82, 2.24) is 4.98 Å². The molecule has 3 rings (SSSR count). The van der Waals surface area contributed by atoms with Crippen molar-refractivity contribution in [3.63, 3.8) is 0 Å². The molecule has 1 aliphatic carbocycles. The Morgan fingerprint density at radius 1 is 1.19 bits per heavy atom. The van der Waals surface area contributed by atoms with E-state index in [1.807, 2.05) is 0 Å². The molecule has 1 amide bonds. The minimum absolute atomic E-state index is 0.0591. The first-order chi connectivity index (χ1) is 12.9. The van der Waals surface area contributed by atoms with Gasteiger partial charge in [0.25, 0.3) is 0 Å². The summed E-state index contributed by atoms with van der Waals surface area (Å²) in [6.45, 7) is 0.495. The average molecular weight is 379 g/mol. The standard InChI is InChI=1S/C19H20F3N3O2/c20-19(21,22)16-5-2-6-17(25-16)27-14-9-7-13(8-10-14)24-18(26)15-4-1-3-12(15)11-23/h2,5-10,12,15H,1,3-4,11,23H2,(H,24,26)/t12-,15-/m1/s1. The van der Waals surface area contributed by atoms with Gasteiger partial charge in [0, 0.05) is 17.7 Å². The summed E-state index contributed by atoms with van der Waals surface area (Å²) in [6, 6.07) is 9.84. The number of ether oxygens (including phenoxy) is 1. The van der Waals surface area contributed by atoms with Crippen LogP contribution >= 0.6 is 0 Å². The molecule has 0 bridgehead atoms. The number of amides is 1. The molecule has 144 valence electrons. The molecule has 1 aromatic heterocycles. The lowest BCUT2D eigenvalue weighted by atomic mass is 9.95. The smallest absolute Gasteiger partial charge is 0.433 e. The maximum absolute atomic E-state index is 12.7. The number of nitrogens with zero attached hydrogens (tertiary/aromatic N) is 1. The first-order valence-corrected chi connectivity index (χ1v) is 8.70. The second-order valence-electron chi connectivity index (χ2n) is 6.51. The van der Waals surface area contributed by atoms with Crippen LogP contribution in [0, 0.1) is 11.8 Å². The number of hydrogen-bond acceptors (Lipinski definition) is 4. The SMILES string of the molecule is NC[C@H]1CCC[C@H]1C(=O)Nc1ccc(Oc2cccc(C(F)(F)F)n2)cc1. The van der Waals surface area contributed by atoms with E-state index < -0.39 is 11.9 Å². The van der Waals surface area contributed by atoms with E-state index in [-0.39, 0.29) is 23.6 Å². The van der Waals surface area contributed by atoms with Crippen LogP contribution in [-0.2, 0) is 11.0 Å². The summed E-state index contributed by atoms with van der Waals surface area (Å²) in [5, 5.41) is 2.85. The Bertz CT molecular complexity index is 794. The predicted molar refractivity (Wildman–Crippen MR) is 94.3 cm³/mol. The molecule has 0 aliphatic heterocycles. The maximum Gasteiger partial charge on any atom is 0.433 e. The van der Waals surface area contributed by atoms with Crippen LogP contribution in [0.2, 0.25) is 0 Å². The molecule has 1 aliphatic rings. The molecule has 3 N–H and O–H groups in total. The van der Waals surface area contributed by atoms with E-state index in [0.717, 1.165) is 25.3 Å². The zero-order chi connectivity index (χ0) is 19.4. The summed E-state index contributed by atoms with van der Waals surface area (Å²) in [4.78, 5) is 15.8. The van der Waals surface area contributed by atoms with Crippen LogP contribution in [0.5, 0.6) is 11.6 Å². The van der Waals surface area contributed by atoms with Gasteiger partial charge in [-0.1, -0.05) is 12.5 Å². The highest BCUT2D eigenvalue weighted by atomic mass is 19.4. The number of carbonyl (C=O) groups is 1. The van der Waals surface area contributed by atoms with Crippen molar-refractivity contribution in [3.05, 3.63) is 48.2 Å². The van der Waals surface area contributed by atoms with Gasteiger partial charge < -0.3 is 15.8 Å². The number of halogens is 3. The first kappa shape index (κ1) is 19.2. The molecule has 8 heteroatoms. The summed E-state index contributed by atoms with van der Waals surface area (Å²) < 4.78 is 43.5. The summed E-state index contributed by atoms with van der Waals surface area (Å²) in [5.74, 6) is 0.231. The lowest BCUT2D eigenvalue weighted by molar-refractivity contribution is -0.141. The molecule has 27 heavy (non-hydrogen) atoms. The van der Waals surface area contributed by atoms with E-state index >= 15 is 0 Å². The third-order valence-electron chi connectivity index (χ3n) is 4.66. The van der Waals surface area contributed by atoms with Gasteiger partial charge in [-0.25, -0.2) is 4.98 Å². The van der Waals surface area contributed by atoms with Crippen molar-refractivity contribution < 1.29 is 22.7 Å². The Hall–Kier alpha value is -2.61. The van der Waals surface area contributed by atoms with E-state index in [0.29, 0.717) is 18.0 Å². The summed E-state index contributed by atoms with van der Waals surface area (Å²) in [7, 11) is 0. The predicted octanol–water partition coefficient (Wildman–Crippen LogP) is 4.21. The van der Waals surface area contributed by atoms with Crippen LogP contribution in [0.3, 0.4) is 0 Å². The highest BCUT2D eigenvalue weighted by molar-refractivity contribution is 5.93. The molecule has 5 nitrogen and oxygen atoms in total. The van der Waals surface area contributed by atoms with E-state index in [2.05, 4.69) is 10.3 Å². The van der Waals surface area contributed by atoms with Gasteiger partial charge in [0.1, 0.15) is 11.4 Å². The molecule has 1 fully saturated rings. The second kappa shape index (κ2) is 7.96. The molecule has 0 unspecified atom stereocenters. The number of anilines is 1. The molecule has 2 atom stereocenters. The molecule has 0 spiro atoms. The van der Waals surface area contributed by atoms with Crippen LogP contribution in [0.15, 0.2) is 42.5 Å². The van der Waals surface area contributed by atoms with Gasteiger partial charge in [0.05, 0.1) is 0 Å². The van der Waals surface area contributed by atoms with Crippen LogP contribution in [-0.4, -0.2) is 17.4 Å². The summed E-state index contributed by atoms with van der Waals surface area (Å²) in [6.07, 6.45) is -1.74. The Labute approximate surface area is 154 Å². The molecular formula is C19H20F3N3O2. The zero-order valence-corrected chi connectivity index (χ0v) is 14.5. The van der Waals surface area contributed by atoms with Gasteiger partial charge in [-0.15, -0.1) is 0 Å². The van der Waals surface area contributed by atoms with Gasteiger partial charge in [-0.05, 0) is 55.6 Å². The number of nitrogens with one attached hydrogen (secondary N) is 1. The zero-order valence-electron chi connectivity index (χ0n) is 14.5. The van der Waals surface area contributed by atoms with Crippen LogP contribution < -0.4 is 15.8 Å². The highest BCUT2D eigenvalue weighted by Crippen LogP contribution is 2.32. The Kier molecular flexibility index (Phi) is 5.65. The van der Waals surface area contributed by atoms with Crippen molar-refractivity contribution in [1.29, 1.82) is 0 Å². The fraction of sp³-hybridized carbons (Fsp3) is 0.368. The molecule has 0 radical (unpaired) electrons. The monoisotopic (exact) mass is 379 g/mol. The summed E-state index contributed by atoms with van der Waals surface area (Å²) >= 11 is 0. The van der Waals surface area contributed by atoms with E-state index in [1.54, 1.807) is 24.3 Å². The van der Waals surface area contributed by atoms with E-state index in [1.165, 1.54) is 12.1 Å². The number of alkyl halides is 3. The Balaban J connectivity index is 1.63. The van der Waals surface area contributed by atoms with Crippen molar-refractivity contribution in [2.24, 2.45) is 17.6 Å². The number of aromatic nitrogens is 1. The Morgan fingerprint density at radius 2 is 1.93 bits per heavy atom. The number of hydrogen-bond donors (Lipinski definition) is 2. The Morgan fingerprint density at radius 3 is 2.59 bits per heavy atom. The van der Waals surface area contributed by atoms with Crippen LogP contribution in [0.4, 0.5) is 18.9 Å². The highest BCUT2D eigenvalue weighted by Gasteiger charge is 2.33. The molecule has 1 heterocycles. The van der Waals surface area contributed by atoms with Gasteiger partial charge in [-0.2, -0.15) is 13.2 Å². The first-order valence-electron chi connectivity index (χ1n) is 8.70. The lowest BCUT2D eigenvalue weighted by Gasteiger charge is -2.17. The number of carbonyl (C=O) groups excluding carboxylic acids is 1. The fourth-order valence-electron chi connectivity index (χ4n) is 3.26. The normalized spacial score (nSPS) is 19.7. The third-order valence-corrected chi connectivity index (χ3v) is 4.66. The van der Waals surface area contributed by atoms with Gasteiger partial charge in [0.2, 0.25) is 11.8 Å². The number of benzene rings is 1. The molecule has 1 saturated carbocycles. The minimum Gasteiger partial charge on any atom is -0.439 e. The quantitative estimate of drug-likeness (QED) is 0.816. The van der Waals surface area contributed by atoms with Gasteiger partial charge in [0.15, 0.2) is 0 Å². The summed E-state index contributed by atoms with van der Waals surface area (Å²) in [5.41, 5.74) is 5.28. The largest absolute Gasteiger partial charge is 0.439 e. The van der Waals surface area contributed by atoms with Crippen LogP contribution in [0.25, 0.3) is 0 Å². The second-order valence-corrected chi connectivity index (χ2v) is 6.51. The van der Waals surface area contributed by atoms with Crippen molar-refractivity contribution in [3.8, 4) is 11.6 Å². The topological polar surface area (TPSA) is 77.2 Å². The average Bonchev–Trinajstić information content (AvgIpc) is 3.12. The molecular weight excluding hydrogens is 359 g/mol. The van der Waals surface area contributed by atoms with E-state index in [4.69, 9.17) is 10.5 Å². The van der Waals surface area contributed by atoms with E-state index in [9.17, 15) is 18.0 Å². The molecule has 0 saturated heterocycles. The molecule has 2 aromatic rings. The molecule has 1 aromatic carbocycles. The maximum atomic E-state index is 12.7. The van der Waals surface area contributed by atoms with Crippen LogP contribution in [0.1, 0.15) is 25.0 Å². The van der Waals surface area contributed by atoms with Crippen molar-refractivity contribution in [2.75, 3.05) is 11.9 Å². The van der Waals surface area contributed by atoms with Crippen molar-refractivity contribution >= 4 is 11.6 Å². The number of nitrogens with two attached hydrogens (primary N) is 1. The lowest BCUT2D eigenvalue weighted by Crippen LogP contribution is -2.29. The fourth-order valence-corrected chi connectivity index (χ4v) is 3.26. The number of pyridine rings is 1. The minimum atomic E-state index is -4.53. The third kappa shape index (κ3) is 4.77. The van der Waals surface area contributed by atoms with Gasteiger partial charge in [-0.3, -0.25) is 4.79 Å². The van der Waals surface area contributed by atoms with Gasteiger partial charge >= 0.3 is 6.18 Å².